The Morgan fingerprint density at radius 2 is 1.87 bits per heavy atom. The number of phenolic OH excluding ortho intramolecular Hbond substituents is 1. The number of phenols is 1. The van der Waals surface area contributed by atoms with Crippen LogP contribution in [0.5, 0.6) is 11.8 Å². The molecule has 1 atom stereocenters. The molecule has 1 amide bonds. The number of anilines is 2. The molecular formula is C28H39ClN6O3. The third-order valence-corrected chi connectivity index (χ3v) is 7.34. The minimum atomic E-state index is -0.0879. The number of benzene rings is 1. The molecule has 9 nitrogen and oxygen atoms in total. The van der Waals surface area contributed by atoms with Gasteiger partial charge in [0.15, 0.2) is 0 Å². The highest BCUT2D eigenvalue weighted by Crippen LogP contribution is 2.40. The van der Waals surface area contributed by atoms with Crippen LogP contribution in [-0.4, -0.2) is 90.2 Å². The number of aromatic hydroxyl groups is 1. The number of nitrogens with zero attached hydrogens (tertiary/aromatic N) is 6. The largest absolute Gasteiger partial charge is 0.508 e. The van der Waals surface area contributed by atoms with E-state index in [1.165, 1.54) is 6.08 Å². The van der Waals surface area contributed by atoms with Crippen molar-refractivity contribution in [1.82, 2.24) is 19.8 Å². The normalized spacial score (nSPS) is 16.6. The van der Waals surface area contributed by atoms with Gasteiger partial charge in [-0.3, -0.25) is 4.79 Å². The molecule has 0 bridgehead atoms. The summed E-state index contributed by atoms with van der Waals surface area (Å²) in [6.07, 6.45) is 2.03. The van der Waals surface area contributed by atoms with E-state index in [0.717, 1.165) is 47.8 Å². The van der Waals surface area contributed by atoms with Gasteiger partial charge in [0, 0.05) is 61.6 Å². The molecule has 4 rings (SSSR count). The van der Waals surface area contributed by atoms with Crippen molar-refractivity contribution in [3.05, 3.63) is 46.6 Å². The Morgan fingerprint density at radius 1 is 1.16 bits per heavy atom. The first-order valence-corrected chi connectivity index (χ1v) is 13.6. The topological polar surface area (TPSA) is 85.3 Å². The van der Waals surface area contributed by atoms with Gasteiger partial charge in [-0.2, -0.15) is 9.97 Å². The van der Waals surface area contributed by atoms with Crippen LogP contribution in [0.1, 0.15) is 43.5 Å². The van der Waals surface area contributed by atoms with Crippen LogP contribution in [0.25, 0.3) is 0 Å². The summed E-state index contributed by atoms with van der Waals surface area (Å²) in [6.45, 7) is 14.5. The summed E-state index contributed by atoms with van der Waals surface area (Å²) in [7, 11) is 4.02. The first-order chi connectivity index (χ1) is 18.1. The van der Waals surface area contributed by atoms with Crippen LogP contribution in [0.3, 0.4) is 0 Å². The molecule has 1 fully saturated rings. The summed E-state index contributed by atoms with van der Waals surface area (Å²) in [6, 6.07) is 3.76. The van der Waals surface area contributed by atoms with Crippen molar-refractivity contribution < 1.29 is 14.6 Å². The quantitative estimate of drug-likeness (QED) is 0.506. The fraction of sp³-hybridized carbons (Fsp3) is 0.536. The lowest BCUT2D eigenvalue weighted by atomic mass is 9.97. The van der Waals surface area contributed by atoms with Gasteiger partial charge in [-0.15, -0.1) is 0 Å². The van der Waals surface area contributed by atoms with Crippen molar-refractivity contribution in [3.63, 3.8) is 0 Å². The van der Waals surface area contributed by atoms with E-state index in [9.17, 15) is 9.90 Å². The fourth-order valence-corrected chi connectivity index (χ4v) is 5.76. The number of piperazine rings is 1. The number of carbonyl (C=O) groups is 1. The lowest BCUT2D eigenvalue weighted by Gasteiger charge is -2.38. The van der Waals surface area contributed by atoms with E-state index in [4.69, 9.17) is 26.3 Å². The average Bonchev–Trinajstić information content (AvgIpc) is 2.86. The number of carbonyl (C=O) groups excluding carboxylic acids is 1. The Bertz CT molecular complexity index is 1180. The van der Waals surface area contributed by atoms with E-state index in [0.29, 0.717) is 43.8 Å². The molecule has 2 aromatic rings. The number of ether oxygens (including phenoxy) is 1. The van der Waals surface area contributed by atoms with Crippen LogP contribution >= 0.6 is 11.6 Å². The van der Waals surface area contributed by atoms with Gasteiger partial charge in [0.2, 0.25) is 5.91 Å². The number of fused-ring (bicyclic) bond motifs is 1. The molecule has 0 spiro atoms. The Hall–Kier alpha value is -3.04. The van der Waals surface area contributed by atoms with E-state index in [-0.39, 0.29) is 23.7 Å². The van der Waals surface area contributed by atoms with Gasteiger partial charge in [0.05, 0.1) is 12.2 Å². The summed E-state index contributed by atoms with van der Waals surface area (Å²) < 4.78 is 6.19. The van der Waals surface area contributed by atoms with Gasteiger partial charge >= 0.3 is 6.01 Å². The van der Waals surface area contributed by atoms with Crippen LogP contribution in [0, 0.1) is 0 Å². The Balaban J connectivity index is 1.68. The smallest absolute Gasteiger partial charge is 0.318 e. The Labute approximate surface area is 230 Å². The van der Waals surface area contributed by atoms with Gasteiger partial charge < -0.3 is 29.4 Å². The first-order valence-electron chi connectivity index (χ1n) is 13.2. The van der Waals surface area contributed by atoms with Gasteiger partial charge in [-0.1, -0.05) is 32.0 Å². The molecule has 0 radical (unpaired) electrons. The maximum Gasteiger partial charge on any atom is 0.318 e. The molecule has 3 heterocycles. The highest BCUT2D eigenvalue weighted by atomic mass is 35.5. The molecular weight excluding hydrogens is 504 g/mol. The maximum atomic E-state index is 12.1. The zero-order valence-electron chi connectivity index (χ0n) is 23.1. The molecule has 38 heavy (non-hydrogen) atoms. The maximum absolute atomic E-state index is 12.1. The van der Waals surface area contributed by atoms with Gasteiger partial charge in [-0.05, 0) is 51.1 Å². The molecule has 1 aromatic heterocycles. The standard InChI is InChI=1S/C28H39ClN6O3/c1-7-25(37)33-10-12-34(13-11-33)27-21-8-9-35(24-15-20(36)14-22(29)26(24)18(2)3)17-23(21)30-28(31-27)38-19(4)16-32(5)6/h7,14-15,18-19,36H,1,8-13,16-17H2,2-6H3. The zero-order chi connectivity index (χ0) is 27.6. The lowest BCUT2D eigenvalue weighted by molar-refractivity contribution is -0.126. The van der Waals surface area contributed by atoms with Crippen molar-refractivity contribution in [2.45, 2.75) is 45.8 Å². The fourth-order valence-electron chi connectivity index (χ4n) is 5.33. The molecule has 10 heteroatoms. The van der Waals surface area contributed by atoms with E-state index >= 15 is 0 Å². The summed E-state index contributed by atoms with van der Waals surface area (Å²) in [5, 5.41) is 10.9. The highest BCUT2D eigenvalue weighted by Gasteiger charge is 2.30. The van der Waals surface area contributed by atoms with Gasteiger partial charge in [0.1, 0.15) is 17.7 Å². The third kappa shape index (κ3) is 6.15. The molecule has 0 aliphatic carbocycles. The SMILES string of the molecule is C=CC(=O)N1CCN(c2nc(OC(C)CN(C)C)nc3c2CCN(c2cc(O)cc(Cl)c2C(C)C)C3)CC1. The third-order valence-electron chi connectivity index (χ3n) is 7.03. The van der Waals surface area contributed by atoms with Crippen LogP contribution in [-0.2, 0) is 17.8 Å². The monoisotopic (exact) mass is 542 g/mol. The number of amides is 1. The van der Waals surface area contributed by atoms with E-state index < -0.39 is 0 Å². The predicted octanol–water partition coefficient (Wildman–Crippen LogP) is 3.69. The second kappa shape index (κ2) is 11.8. The molecule has 206 valence electrons. The van der Waals surface area contributed by atoms with Crippen LogP contribution in [0.4, 0.5) is 11.5 Å². The van der Waals surface area contributed by atoms with Crippen molar-refractivity contribution in [2.24, 2.45) is 0 Å². The zero-order valence-corrected chi connectivity index (χ0v) is 23.8. The molecule has 1 N–H and O–H groups in total. The van der Waals surface area contributed by atoms with E-state index in [1.807, 2.05) is 25.9 Å². The second-order valence-electron chi connectivity index (χ2n) is 10.6. The van der Waals surface area contributed by atoms with Gasteiger partial charge in [0.25, 0.3) is 0 Å². The molecule has 1 unspecified atom stereocenters. The minimum Gasteiger partial charge on any atom is -0.508 e. The van der Waals surface area contributed by atoms with E-state index in [1.54, 1.807) is 12.1 Å². The predicted molar refractivity (Wildman–Crippen MR) is 152 cm³/mol. The van der Waals surface area contributed by atoms with Crippen LogP contribution < -0.4 is 14.5 Å². The van der Waals surface area contributed by atoms with Crippen molar-refractivity contribution >= 4 is 29.0 Å². The molecule has 1 aromatic carbocycles. The number of likely N-dealkylation sites (N-methyl/N-ethyl adjacent to an activating group) is 1. The molecule has 1 saturated heterocycles. The minimum absolute atomic E-state index is 0.0442. The van der Waals surface area contributed by atoms with E-state index in [2.05, 4.69) is 35.1 Å². The first kappa shape index (κ1) is 28.0. The number of rotatable bonds is 8. The summed E-state index contributed by atoms with van der Waals surface area (Å²) in [4.78, 5) is 30.2. The lowest BCUT2D eigenvalue weighted by Crippen LogP contribution is -2.49. The van der Waals surface area contributed by atoms with Gasteiger partial charge in [-0.25, -0.2) is 0 Å². The summed E-state index contributed by atoms with van der Waals surface area (Å²) in [5.41, 5.74) is 3.96. The van der Waals surface area contributed by atoms with Crippen molar-refractivity contribution in [3.8, 4) is 11.8 Å². The van der Waals surface area contributed by atoms with Crippen molar-refractivity contribution in [1.29, 1.82) is 0 Å². The number of hydrogen-bond donors (Lipinski definition) is 1. The highest BCUT2D eigenvalue weighted by molar-refractivity contribution is 6.32. The molecule has 2 aliphatic rings. The van der Waals surface area contributed by atoms with Crippen LogP contribution in [0.2, 0.25) is 5.02 Å². The Kier molecular flexibility index (Phi) is 8.67. The molecule has 2 aliphatic heterocycles. The van der Waals surface area contributed by atoms with Crippen LogP contribution in [0.15, 0.2) is 24.8 Å². The second-order valence-corrected chi connectivity index (χ2v) is 11.1. The Morgan fingerprint density at radius 3 is 2.50 bits per heavy atom. The average molecular weight is 543 g/mol. The summed E-state index contributed by atoms with van der Waals surface area (Å²) >= 11 is 6.57. The number of aromatic nitrogens is 2. The van der Waals surface area contributed by atoms with Crippen molar-refractivity contribution in [2.75, 3.05) is 63.2 Å². The summed E-state index contributed by atoms with van der Waals surface area (Å²) in [5.74, 6) is 1.18. The number of halogens is 1. The number of hydrogen-bond acceptors (Lipinski definition) is 8. The molecule has 0 saturated carbocycles.